The molecule has 28 heavy (non-hydrogen) atoms. The highest BCUT2D eigenvalue weighted by Crippen LogP contribution is 2.24. The lowest BCUT2D eigenvalue weighted by atomic mass is 9.93. The Morgan fingerprint density at radius 1 is 1.11 bits per heavy atom. The molecule has 0 unspecified atom stereocenters. The summed E-state index contributed by atoms with van der Waals surface area (Å²) in [5.41, 5.74) is 6.89. The molecule has 2 fully saturated rings. The van der Waals surface area contributed by atoms with Gasteiger partial charge >= 0.3 is 6.03 Å². The molecule has 0 spiro atoms. The van der Waals surface area contributed by atoms with E-state index in [0.29, 0.717) is 0 Å². The Hall–Kier alpha value is -2.72. The van der Waals surface area contributed by atoms with E-state index in [0.717, 1.165) is 57.8 Å². The molecule has 2 saturated carbocycles. The molecule has 0 saturated heterocycles. The van der Waals surface area contributed by atoms with Crippen LogP contribution in [-0.2, 0) is 4.79 Å². The fourth-order valence-corrected chi connectivity index (χ4v) is 3.75. The number of rotatable bonds is 6. The van der Waals surface area contributed by atoms with Gasteiger partial charge in [0.05, 0.1) is 6.42 Å². The zero-order chi connectivity index (χ0) is 20.4. The molecular formula is C17H29N7O4. The van der Waals surface area contributed by atoms with E-state index in [1.54, 1.807) is 5.43 Å². The molecule has 0 aromatic rings. The molecule has 0 aromatic carbocycles. The van der Waals surface area contributed by atoms with Crippen molar-refractivity contribution in [3.63, 3.8) is 0 Å². The highest BCUT2D eigenvalue weighted by Gasteiger charge is 2.31. The number of guanidine groups is 1. The number of nitrogens with zero attached hydrogens (tertiary/aromatic N) is 4. The van der Waals surface area contributed by atoms with E-state index in [4.69, 9.17) is 5.73 Å². The number of carbonyl (C=O) groups excluding carboxylic acids is 2. The van der Waals surface area contributed by atoms with Gasteiger partial charge < -0.3 is 11.1 Å². The first-order chi connectivity index (χ1) is 13.5. The Morgan fingerprint density at radius 3 is 2.32 bits per heavy atom. The molecule has 2 rings (SSSR count). The van der Waals surface area contributed by atoms with Crippen molar-refractivity contribution in [1.82, 2.24) is 15.6 Å². The van der Waals surface area contributed by atoms with Gasteiger partial charge in [-0.2, -0.15) is 5.10 Å². The van der Waals surface area contributed by atoms with Crippen molar-refractivity contribution in [2.75, 3.05) is 0 Å². The average molecular weight is 395 g/mol. The summed E-state index contributed by atoms with van der Waals surface area (Å²) in [6.45, 7) is 0. The second kappa shape index (κ2) is 11.2. The third kappa shape index (κ3) is 7.12. The first kappa shape index (κ1) is 21.6. The topological polar surface area (TPSA) is 155 Å². The SMILES string of the molecule is N/C(=N/N=C/CC(=O)N(C(=O)NC1CCCCC1)C1CCCCC1)N[N+](=O)[O-]. The highest BCUT2D eigenvalue weighted by atomic mass is 16.7. The maximum Gasteiger partial charge on any atom is 0.324 e. The van der Waals surface area contributed by atoms with Gasteiger partial charge in [0, 0.05) is 18.3 Å². The lowest BCUT2D eigenvalue weighted by Gasteiger charge is -2.34. The minimum Gasteiger partial charge on any atom is -0.364 e. The van der Waals surface area contributed by atoms with E-state index in [2.05, 4.69) is 15.5 Å². The van der Waals surface area contributed by atoms with Crippen LogP contribution in [0.3, 0.4) is 0 Å². The number of amides is 3. The fraction of sp³-hybridized carbons (Fsp3) is 0.765. The van der Waals surface area contributed by atoms with E-state index in [1.807, 2.05) is 0 Å². The van der Waals surface area contributed by atoms with E-state index >= 15 is 0 Å². The molecule has 4 N–H and O–H groups in total. The van der Waals surface area contributed by atoms with Gasteiger partial charge in [0.25, 0.3) is 5.96 Å². The number of hydrazine groups is 1. The zero-order valence-electron chi connectivity index (χ0n) is 16.0. The maximum absolute atomic E-state index is 12.8. The Labute approximate surface area is 163 Å². The quantitative estimate of drug-likeness (QED) is 0.269. The number of nitrogens with one attached hydrogen (secondary N) is 2. The molecule has 2 aliphatic rings. The molecule has 0 heterocycles. The zero-order valence-corrected chi connectivity index (χ0v) is 16.0. The lowest BCUT2D eigenvalue weighted by Crippen LogP contribution is -2.52. The first-order valence-corrected chi connectivity index (χ1v) is 9.86. The van der Waals surface area contributed by atoms with E-state index < -0.39 is 11.0 Å². The van der Waals surface area contributed by atoms with Gasteiger partial charge in [0.2, 0.25) is 5.91 Å². The van der Waals surface area contributed by atoms with Gasteiger partial charge in [0.1, 0.15) is 0 Å². The number of hydrogen-bond donors (Lipinski definition) is 3. The summed E-state index contributed by atoms with van der Waals surface area (Å²) in [7, 11) is 0. The number of nitro groups is 1. The number of nitrogens with two attached hydrogens (primary N) is 1. The molecule has 0 aromatic heterocycles. The predicted molar refractivity (Wildman–Crippen MR) is 104 cm³/mol. The van der Waals surface area contributed by atoms with Crippen LogP contribution in [0.2, 0.25) is 0 Å². The Bertz CT molecular complexity index is 611. The van der Waals surface area contributed by atoms with Gasteiger partial charge in [-0.25, -0.2) is 14.9 Å². The van der Waals surface area contributed by atoms with Gasteiger partial charge in [0.15, 0.2) is 5.03 Å². The van der Waals surface area contributed by atoms with E-state index in [9.17, 15) is 19.7 Å². The van der Waals surface area contributed by atoms with Crippen LogP contribution in [0.15, 0.2) is 10.2 Å². The molecule has 2 aliphatic carbocycles. The van der Waals surface area contributed by atoms with Crippen molar-refractivity contribution in [2.45, 2.75) is 82.7 Å². The summed E-state index contributed by atoms with van der Waals surface area (Å²) < 4.78 is 0. The lowest BCUT2D eigenvalue weighted by molar-refractivity contribution is -0.525. The summed E-state index contributed by atoms with van der Waals surface area (Å²) in [5, 5.41) is 19.3. The van der Waals surface area contributed by atoms with E-state index in [-0.39, 0.29) is 30.4 Å². The van der Waals surface area contributed by atoms with Crippen LogP contribution in [0.5, 0.6) is 0 Å². The van der Waals surface area contributed by atoms with Gasteiger partial charge in [-0.15, -0.1) is 5.10 Å². The molecule has 0 aliphatic heterocycles. The van der Waals surface area contributed by atoms with Crippen LogP contribution in [0.1, 0.15) is 70.6 Å². The van der Waals surface area contributed by atoms with Crippen molar-refractivity contribution in [3.8, 4) is 0 Å². The second-order valence-corrected chi connectivity index (χ2v) is 7.20. The largest absolute Gasteiger partial charge is 0.364 e. The summed E-state index contributed by atoms with van der Waals surface area (Å²) >= 11 is 0. The average Bonchev–Trinajstić information content (AvgIpc) is 2.66. The van der Waals surface area contributed by atoms with Crippen molar-refractivity contribution in [1.29, 1.82) is 0 Å². The Kier molecular flexibility index (Phi) is 8.63. The number of hydrogen-bond acceptors (Lipinski definition) is 6. The smallest absolute Gasteiger partial charge is 0.324 e. The van der Waals surface area contributed by atoms with Gasteiger partial charge in [-0.1, -0.05) is 44.0 Å². The van der Waals surface area contributed by atoms with Crippen LogP contribution in [-0.4, -0.2) is 46.1 Å². The van der Waals surface area contributed by atoms with Crippen LogP contribution in [0.25, 0.3) is 0 Å². The summed E-state index contributed by atoms with van der Waals surface area (Å²) in [6, 6.07) is -0.329. The molecule has 0 atom stereocenters. The number of carbonyl (C=O) groups is 2. The van der Waals surface area contributed by atoms with Gasteiger partial charge in [-0.3, -0.25) is 9.69 Å². The summed E-state index contributed by atoms with van der Waals surface area (Å²) in [4.78, 5) is 37.1. The van der Waals surface area contributed by atoms with Gasteiger partial charge in [-0.05, 0) is 25.7 Å². The van der Waals surface area contributed by atoms with Crippen LogP contribution in [0.4, 0.5) is 4.79 Å². The molecule has 156 valence electrons. The van der Waals surface area contributed by atoms with Crippen molar-refractivity contribution >= 4 is 24.1 Å². The Balaban J connectivity index is 1.97. The van der Waals surface area contributed by atoms with Crippen molar-refractivity contribution in [2.24, 2.45) is 15.9 Å². The first-order valence-electron chi connectivity index (χ1n) is 9.86. The van der Waals surface area contributed by atoms with Crippen LogP contribution >= 0.6 is 0 Å². The molecule has 0 radical (unpaired) electrons. The summed E-state index contributed by atoms with van der Waals surface area (Å²) in [6.07, 6.45) is 11.0. The third-order valence-corrected chi connectivity index (χ3v) is 5.08. The van der Waals surface area contributed by atoms with Crippen LogP contribution < -0.4 is 16.5 Å². The second-order valence-electron chi connectivity index (χ2n) is 7.20. The monoisotopic (exact) mass is 395 g/mol. The number of urea groups is 1. The Morgan fingerprint density at radius 2 is 1.71 bits per heavy atom. The normalized spacial score (nSPS) is 19.4. The predicted octanol–water partition coefficient (Wildman–Crippen LogP) is 1.66. The molecule has 11 nitrogen and oxygen atoms in total. The molecular weight excluding hydrogens is 366 g/mol. The molecule has 3 amide bonds. The van der Waals surface area contributed by atoms with Crippen molar-refractivity contribution < 1.29 is 14.6 Å². The minimum absolute atomic E-state index is 0.108. The van der Waals surface area contributed by atoms with E-state index in [1.165, 1.54) is 17.5 Å². The molecule has 0 bridgehead atoms. The third-order valence-electron chi connectivity index (χ3n) is 5.08. The highest BCUT2D eigenvalue weighted by molar-refractivity contribution is 6.00. The molecule has 11 heteroatoms. The standard InChI is InChI=1S/C17H29N7O4/c18-16(22-24(27)28)21-19-12-11-15(25)23(14-9-5-2-6-10-14)17(26)20-13-7-3-1-4-8-13/h12-14H,1-11H2,(H,20,26)(H3,18,21,22)/b19-12+. The number of imide groups is 1. The maximum atomic E-state index is 12.8. The van der Waals surface area contributed by atoms with Crippen molar-refractivity contribution in [3.05, 3.63) is 10.1 Å². The minimum atomic E-state index is -0.861. The van der Waals surface area contributed by atoms with Crippen LogP contribution in [0, 0.1) is 10.1 Å². The summed E-state index contributed by atoms with van der Waals surface area (Å²) in [5.74, 6) is -0.854. The fourth-order valence-electron chi connectivity index (χ4n) is 3.75.